The summed E-state index contributed by atoms with van der Waals surface area (Å²) in [4.78, 5) is 12.9. The van der Waals surface area contributed by atoms with Crippen molar-refractivity contribution in [3.8, 4) is 0 Å². The van der Waals surface area contributed by atoms with Gasteiger partial charge in [-0.15, -0.1) is 0 Å². The summed E-state index contributed by atoms with van der Waals surface area (Å²) >= 11 is 6.13. The normalized spacial score (nSPS) is 8.85. The van der Waals surface area contributed by atoms with Crippen molar-refractivity contribution < 1.29 is 18.1 Å². The van der Waals surface area contributed by atoms with Crippen molar-refractivity contribution in [2.75, 3.05) is 0 Å². The van der Waals surface area contributed by atoms with Crippen molar-refractivity contribution in [1.29, 1.82) is 0 Å². The summed E-state index contributed by atoms with van der Waals surface area (Å²) in [5.41, 5.74) is 0. The monoisotopic (exact) mass is 291 g/mol. The summed E-state index contributed by atoms with van der Waals surface area (Å²) in [6.45, 7) is 0. The number of halogens is 3. The average molecular weight is 293 g/mol. The van der Waals surface area contributed by atoms with Gasteiger partial charge in [0, 0.05) is 12.1 Å². The van der Waals surface area contributed by atoms with Crippen LogP contribution < -0.4 is 0 Å². The molecule has 1 aromatic rings. The van der Waals surface area contributed by atoms with E-state index in [1.54, 1.807) is 0 Å². The Morgan fingerprint density at radius 1 is 1.46 bits per heavy atom. The molecule has 0 saturated heterocycles. The molecule has 13 heavy (non-hydrogen) atoms. The molecule has 0 unspecified atom stereocenters. The van der Waals surface area contributed by atoms with E-state index >= 15 is 0 Å². The van der Waals surface area contributed by atoms with E-state index in [-0.39, 0.29) is 11.0 Å². The van der Waals surface area contributed by atoms with Gasteiger partial charge >= 0.3 is 39.1 Å². The number of hydrogen-bond donors (Lipinski definition) is 0. The molecule has 0 fully saturated rings. The molecule has 4 nitrogen and oxygen atoms in total. The minimum absolute atomic E-state index is 0.134. The van der Waals surface area contributed by atoms with E-state index in [1.165, 1.54) is 18.2 Å². The standard InChI is InChI=1S/C5H3ClN2O2.2ClH.Cu/c6-4-2-1-3-5(7-4)8(9)10;;;/h1-3H;2*1H;/q;;;+2/p-2. The predicted molar refractivity (Wildman–Crippen MR) is 47.6 cm³/mol. The van der Waals surface area contributed by atoms with Crippen molar-refractivity contribution in [2.24, 2.45) is 0 Å². The zero-order chi connectivity index (χ0) is 10.3. The molecule has 0 aliphatic rings. The fourth-order valence-electron chi connectivity index (χ4n) is 0.499. The number of hydrogen-bond acceptors (Lipinski definition) is 3. The first-order valence-electron chi connectivity index (χ1n) is 2.70. The first-order valence-corrected chi connectivity index (χ1v) is 5.67. The van der Waals surface area contributed by atoms with Crippen LogP contribution in [0.15, 0.2) is 18.2 Å². The van der Waals surface area contributed by atoms with Crippen molar-refractivity contribution in [3.05, 3.63) is 33.5 Å². The van der Waals surface area contributed by atoms with E-state index in [0.29, 0.717) is 0 Å². The Morgan fingerprint density at radius 3 is 2.31 bits per heavy atom. The molecule has 0 amide bonds. The second-order valence-corrected chi connectivity index (χ2v) is 3.56. The van der Waals surface area contributed by atoms with Crippen LogP contribution in [0.25, 0.3) is 0 Å². The molecule has 0 bridgehead atoms. The molecular weight excluding hydrogens is 290 g/mol. The van der Waals surface area contributed by atoms with Crippen LogP contribution in [0.1, 0.15) is 0 Å². The van der Waals surface area contributed by atoms with Crippen LogP contribution in [0.5, 0.6) is 0 Å². The molecule has 8 heteroatoms. The maximum atomic E-state index is 10.0. The molecule has 0 aromatic carbocycles. The number of pyridine rings is 1. The van der Waals surface area contributed by atoms with Crippen LogP contribution in [0, 0.1) is 10.1 Å². The summed E-state index contributed by atoms with van der Waals surface area (Å²) in [5, 5.41) is 10.2. The predicted octanol–water partition coefficient (Wildman–Crippen LogP) is 3.02. The quantitative estimate of drug-likeness (QED) is 0.346. The third kappa shape index (κ3) is 6.07. The summed E-state index contributed by atoms with van der Waals surface area (Å²) in [7, 11) is 9.34. The Bertz CT molecular complexity index is 286. The molecule has 1 aromatic heterocycles. The number of rotatable bonds is 1. The van der Waals surface area contributed by atoms with E-state index in [2.05, 4.69) is 25.2 Å². The second kappa shape index (κ2) is 7.35. The summed E-state index contributed by atoms with van der Waals surface area (Å²) in [6.07, 6.45) is 0. The van der Waals surface area contributed by atoms with E-state index in [1.807, 2.05) is 0 Å². The van der Waals surface area contributed by atoms with E-state index < -0.39 is 4.92 Å². The van der Waals surface area contributed by atoms with Crippen molar-refractivity contribution in [3.63, 3.8) is 0 Å². The van der Waals surface area contributed by atoms with Crippen LogP contribution in [0.2, 0.25) is 5.15 Å². The summed E-state index contributed by atoms with van der Waals surface area (Å²) < 4.78 is 0. The van der Waals surface area contributed by atoms with Gasteiger partial charge in [0.1, 0.15) is 0 Å². The van der Waals surface area contributed by atoms with Crippen LogP contribution >= 0.6 is 31.8 Å². The van der Waals surface area contributed by atoms with Crippen molar-refractivity contribution >= 4 is 37.6 Å². The first kappa shape index (κ1) is 12.9. The summed E-state index contributed by atoms with van der Waals surface area (Å²) in [5.74, 6) is -0.229. The molecule has 0 aliphatic heterocycles. The van der Waals surface area contributed by atoms with Gasteiger partial charge in [-0.25, -0.2) is 0 Å². The van der Waals surface area contributed by atoms with E-state index in [4.69, 9.17) is 11.6 Å². The third-order valence-corrected chi connectivity index (χ3v) is 1.10. The fraction of sp³-hybridized carbons (Fsp3) is 0. The van der Waals surface area contributed by atoms with E-state index in [0.717, 1.165) is 13.1 Å². The third-order valence-electron chi connectivity index (χ3n) is 0.887. The second-order valence-electron chi connectivity index (χ2n) is 1.62. The van der Waals surface area contributed by atoms with Crippen molar-refractivity contribution in [1.82, 2.24) is 4.98 Å². The fourth-order valence-corrected chi connectivity index (χ4v) is 0.659. The Morgan fingerprint density at radius 2 is 2.00 bits per heavy atom. The van der Waals surface area contributed by atoms with Crippen LogP contribution in [-0.4, -0.2) is 9.91 Å². The zero-order valence-corrected chi connectivity index (χ0v) is 9.09. The van der Waals surface area contributed by atoms with Gasteiger partial charge in [0.05, 0.1) is 0 Å². The van der Waals surface area contributed by atoms with Gasteiger partial charge in [-0.05, 0) is 27.6 Å². The maximum absolute atomic E-state index is 10.0. The molecule has 0 radical (unpaired) electrons. The average Bonchev–Trinajstić information content (AvgIpc) is 2.05. The number of nitrogens with zero attached hydrogens (tertiary/aromatic N) is 2. The van der Waals surface area contributed by atoms with Crippen LogP contribution in [0.4, 0.5) is 5.82 Å². The van der Waals surface area contributed by atoms with Gasteiger partial charge in [-0.3, -0.25) is 0 Å². The Hall–Kier alpha value is -0.0605. The summed E-state index contributed by atoms with van der Waals surface area (Å²) in [6, 6.07) is 4.24. The van der Waals surface area contributed by atoms with Gasteiger partial charge in [0.25, 0.3) is 0 Å². The number of aromatic nitrogens is 1. The molecule has 0 N–H and O–H groups in total. The molecule has 1 rings (SSSR count). The number of nitro groups is 1. The molecule has 0 saturated carbocycles. The zero-order valence-electron chi connectivity index (χ0n) is 5.88. The molecule has 77 valence electrons. The molecule has 0 spiro atoms. The van der Waals surface area contributed by atoms with Crippen LogP contribution in [0.3, 0.4) is 0 Å². The topological polar surface area (TPSA) is 56.0 Å². The Labute approximate surface area is 94.0 Å². The van der Waals surface area contributed by atoms with Crippen molar-refractivity contribution in [2.45, 2.75) is 0 Å². The molecule has 1 heterocycles. The van der Waals surface area contributed by atoms with Gasteiger partial charge < -0.3 is 10.1 Å². The molecular formula is C5H3Cl3CuN2O2. The Kier molecular flexibility index (Phi) is 7.32. The first-order chi connectivity index (χ1) is 6.11. The van der Waals surface area contributed by atoms with Gasteiger partial charge in [-0.2, -0.15) is 0 Å². The van der Waals surface area contributed by atoms with E-state index in [9.17, 15) is 10.1 Å². The van der Waals surface area contributed by atoms with Gasteiger partial charge in [-0.1, -0.05) is 0 Å². The van der Waals surface area contributed by atoms with Crippen LogP contribution in [-0.2, 0) is 13.1 Å². The minimum atomic E-state index is -0.591. The SMILES string of the molecule is O=[N+]([O-])c1cccc(Cl)n1.[Cl][Cu][Cl]. The Balaban J connectivity index is 0.000000424. The van der Waals surface area contributed by atoms with Gasteiger partial charge in [0.2, 0.25) is 5.15 Å². The molecule has 0 aliphatic carbocycles. The van der Waals surface area contributed by atoms with Gasteiger partial charge in [0.15, 0.2) is 0 Å². The molecule has 0 atom stereocenters.